The Morgan fingerprint density at radius 2 is 1.89 bits per heavy atom. The van der Waals surface area contributed by atoms with Crippen molar-refractivity contribution in [1.29, 1.82) is 0 Å². The van der Waals surface area contributed by atoms with Crippen molar-refractivity contribution in [2.75, 3.05) is 13.1 Å². The summed E-state index contributed by atoms with van der Waals surface area (Å²) in [6.07, 6.45) is 1.75. The number of amides is 1. The number of likely N-dealkylation sites (tertiary alicyclic amines) is 1. The first-order valence-electron chi connectivity index (χ1n) is 8.89. The Morgan fingerprint density at radius 3 is 2.63 bits per heavy atom. The lowest BCUT2D eigenvalue weighted by molar-refractivity contribution is 0.0872. The quantitative estimate of drug-likeness (QED) is 0.738. The Labute approximate surface area is 156 Å². The number of carbonyl (C=O) groups is 1. The fourth-order valence-corrected chi connectivity index (χ4v) is 3.35. The number of benzene rings is 2. The van der Waals surface area contributed by atoms with E-state index >= 15 is 0 Å². The van der Waals surface area contributed by atoms with Crippen LogP contribution in [0.4, 0.5) is 9.18 Å². The highest BCUT2D eigenvalue weighted by atomic mass is 19.1. The van der Waals surface area contributed by atoms with E-state index in [2.05, 4.69) is 4.98 Å². The summed E-state index contributed by atoms with van der Waals surface area (Å²) in [6, 6.07) is 14.7. The van der Waals surface area contributed by atoms with E-state index in [0.29, 0.717) is 25.9 Å². The van der Waals surface area contributed by atoms with Crippen molar-refractivity contribution in [3.63, 3.8) is 0 Å². The van der Waals surface area contributed by atoms with Crippen LogP contribution in [0, 0.1) is 5.82 Å². The topological polar surface area (TPSA) is 62.7 Å². The highest BCUT2D eigenvalue weighted by molar-refractivity contribution is 5.83. The first kappa shape index (κ1) is 17.3. The van der Waals surface area contributed by atoms with Crippen molar-refractivity contribution in [1.82, 2.24) is 9.88 Å². The third-order valence-electron chi connectivity index (χ3n) is 4.86. The van der Waals surface area contributed by atoms with E-state index in [9.17, 15) is 9.18 Å². The van der Waals surface area contributed by atoms with Crippen molar-refractivity contribution in [2.45, 2.75) is 18.9 Å². The molecule has 0 aliphatic carbocycles. The number of pyridine rings is 1. The number of piperidine rings is 1. The van der Waals surface area contributed by atoms with E-state index in [1.165, 1.54) is 11.0 Å². The SMILES string of the molecule is O=C(O)N1CCC(Oc2ccc(-c3cnc4ccccc4c3)cc2F)CC1. The Kier molecular flexibility index (Phi) is 4.62. The van der Waals surface area contributed by atoms with Gasteiger partial charge in [-0.3, -0.25) is 4.98 Å². The van der Waals surface area contributed by atoms with Crippen LogP contribution in [0.1, 0.15) is 12.8 Å². The predicted octanol–water partition coefficient (Wildman–Crippen LogP) is 4.56. The molecule has 1 aliphatic heterocycles. The number of rotatable bonds is 3. The van der Waals surface area contributed by atoms with Crippen LogP contribution in [0.5, 0.6) is 5.75 Å². The maximum atomic E-state index is 14.6. The van der Waals surface area contributed by atoms with Gasteiger partial charge in [0.15, 0.2) is 11.6 Å². The minimum atomic E-state index is -0.923. The van der Waals surface area contributed by atoms with Gasteiger partial charge >= 0.3 is 6.09 Å². The zero-order valence-corrected chi connectivity index (χ0v) is 14.6. The van der Waals surface area contributed by atoms with Crippen LogP contribution in [0.15, 0.2) is 54.7 Å². The molecule has 138 valence electrons. The van der Waals surface area contributed by atoms with Gasteiger partial charge in [-0.2, -0.15) is 0 Å². The number of nitrogens with zero attached hydrogens (tertiary/aromatic N) is 2. The first-order chi connectivity index (χ1) is 13.1. The highest BCUT2D eigenvalue weighted by Gasteiger charge is 2.24. The summed E-state index contributed by atoms with van der Waals surface area (Å²) in [5, 5.41) is 9.98. The molecular weight excluding hydrogens is 347 g/mol. The van der Waals surface area contributed by atoms with Crippen molar-refractivity contribution < 1.29 is 19.0 Å². The van der Waals surface area contributed by atoms with Crippen molar-refractivity contribution >= 4 is 17.0 Å². The molecule has 0 spiro atoms. The molecule has 5 nitrogen and oxygen atoms in total. The summed E-state index contributed by atoms with van der Waals surface area (Å²) in [5.41, 5.74) is 2.47. The van der Waals surface area contributed by atoms with Gasteiger partial charge < -0.3 is 14.7 Å². The molecule has 0 bridgehead atoms. The van der Waals surface area contributed by atoms with Gasteiger partial charge in [0, 0.05) is 43.1 Å². The van der Waals surface area contributed by atoms with E-state index < -0.39 is 11.9 Å². The van der Waals surface area contributed by atoms with Gasteiger partial charge in [0.25, 0.3) is 0 Å². The zero-order chi connectivity index (χ0) is 18.8. The number of fused-ring (bicyclic) bond motifs is 1. The van der Waals surface area contributed by atoms with E-state index in [0.717, 1.165) is 22.0 Å². The first-order valence-corrected chi connectivity index (χ1v) is 8.89. The third-order valence-corrected chi connectivity index (χ3v) is 4.86. The van der Waals surface area contributed by atoms with Crippen LogP contribution >= 0.6 is 0 Å². The highest BCUT2D eigenvalue weighted by Crippen LogP contribution is 2.29. The maximum absolute atomic E-state index is 14.6. The molecule has 0 unspecified atom stereocenters. The smallest absolute Gasteiger partial charge is 0.407 e. The Morgan fingerprint density at radius 1 is 1.11 bits per heavy atom. The Balaban J connectivity index is 1.50. The minimum Gasteiger partial charge on any atom is -0.487 e. The predicted molar refractivity (Wildman–Crippen MR) is 100 cm³/mol. The number of halogens is 1. The van der Waals surface area contributed by atoms with Crippen molar-refractivity contribution in [3.05, 3.63) is 60.5 Å². The molecule has 2 aromatic carbocycles. The van der Waals surface area contributed by atoms with Gasteiger partial charge in [-0.05, 0) is 29.8 Å². The second-order valence-corrected chi connectivity index (χ2v) is 6.65. The molecule has 1 fully saturated rings. The lowest BCUT2D eigenvalue weighted by Gasteiger charge is -2.30. The van der Waals surface area contributed by atoms with E-state index in [1.54, 1.807) is 12.3 Å². The van der Waals surface area contributed by atoms with Gasteiger partial charge in [-0.15, -0.1) is 0 Å². The van der Waals surface area contributed by atoms with Gasteiger partial charge in [0.2, 0.25) is 0 Å². The second-order valence-electron chi connectivity index (χ2n) is 6.65. The third kappa shape index (κ3) is 3.69. The molecule has 1 amide bonds. The second kappa shape index (κ2) is 7.23. The number of hydrogen-bond donors (Lipinski definition) is 1. The molecule has 4 rings (SSSR count). The summed E-state index contributed by atoms with van der Waals surface area (Å²) < 4.78 is 20.3. The van der Waals surface area contributed by atoms with Gasteiger partial charge in [0.1, 0.15) is 6.10 Å². The Hall–Kier alpha value is -3.15. The molecule has 3 aromatic rings. The number of ether oxygens (including phenoxy) is 1. The molecule has 0 atom stereocenters. The van der Waals surface area contributed by atoms with Crippen molar-refractivity contribution in [2.24, 2.45) is 0 Å². The summed E-state index contributed by atoms with van der Waals surface area (Å²) >= 11 is 0. The molecule has 2 heterocycles. The monoisotopic (exact) mass is 366 g/mol. The molecule has 6 heteroatoms. The van der Waals surface area contributed by atoms with Crippen LogP contribution in [0.25, 0.3) is 22.0 Å². The minimum absolute atomic E-state index is 0.178. The van der Waals surface area contributed by atoms with Gasteiger partial charge in [-0.1, -0.05) is 24.3 Å². The van der Waals surface area contributed by atoms with Crippen LogP contribution in [-0.4, -0.2) is 40.3 Å². The zero-order valence-electron chi connectivity index (χ0n) is 14.6. The average Bonchev–Trinajstić information content (AvgIpc) is 2.69. The molecule has 1 N–H and O–H groups in total. The van der Waals surface area contributed by atoms with Crippen LogP contribution < -0.4 is 4.74 Å². The van der Waals surface area contributed by atoms with Crippen LogP contribution in [-0.2, 0) is 0 Å². The molecule has 0 saturated carbocycles. The lowest BCUT2D eigenvalue weighted by atomic mass is 10.0. The fourth-order valence-electron chi connectivity index (χ4n) is 3.35. The molecule has 0 radical (unpaired) electrons. The Bertz CT molecular complexity index is 984. The molecule has 27 heavy (non-hydrogen) atoms. The van der Waals surface area contributed by atoms with Crippen molar-refractivity contribution in [3.8, 4) is 16.9 Å². The lowest BCUT2D eigenvalue weighted by Crippen LogP contribution is -2.41. The molecular formula is C21H19FN2O3. The maximum Gasteiger partial charge on any atom is 0.407 e. The molecule has 1 aliphatic rings. The summed E-state index contributed by atoms with van der Waals surface area (Å²) in [7, 11) is 0. The fraction of sp³-hybridized carbons (Fsp3) is 0.238. The summed E-state index contributed by atoms with van der Waals surface area (Å²) in [4.78, 5) is 16.7. The van der Waals surface area contributed by atoms with E-state index in [-0.39, 0.29) is 11.9 Å². The van der Waals surface area contributed by atoms with E-state index in [4.69, 9.17) is 9.84 Å². The summed E-state index contributed by atoms with van der Waals surface area (Å²) in [5.74, 6) is -0.234. The largest absolute Gasteiger partial charge is 0.487 e. The van der Waals surface area contributed by atoms with Crippen LogP contribution in [0.3, 0.4) is 0 Å². The van der Waals surface area contributed by atoms with E-state index in [1.807, 2.05) is 36.4 Å². The van der Waals surface area contributed by atoms with Gasteiger partial charge in [0.05, 0.1) is 5.52 Å². The molecule has 1 aromatic heterocycles. The average molecular weight is 366 g/mol. The van der Waals surface area contributed by atoms with Crippen LogP contribution in [0.2, 0.25) is 0 Å². The van der Waals surface area contributed by atoms with Gasteiger partial charge in [-0.25, -0.2) is 9.18 Å². The number of carboxylic acid groups (broad SMARTS) is 1. The molecule has 1 saturated heterocycles. The summed E-state index contributed by atoms with van der Waals surface area (Å²) in [6.45, 7) is 0.810. The standard InChI is InChI=1S/C21H19FN2O3/c22-18-12-14(16-11-15-3-1-2-4-19(15)23-13-16)5-6-20(18)27-17-7-9-24(10-8-17)21(25)26/h1-6,11-13,17H,7-10H2,(H,25,26). The number of hydrogen-bond acceptors (Lipinski definition) is 3. The number of aromatic nitrogens is 1. The number of para-hydroxylation sites is 1. The normalized spacial score (nSPS) is 15.1.